The number of rotatable bonds is 4. The van der Waals surface area contributed by atoms with Crippen molar-refractivity contribution >= 4 is 5.91 Å². The quantitative estimate of drug-likeness (QED) is 0.516. The summed E-state index contributed by atoms with van der Waals surface area (Å²) in [6, 6.07) is 0. The molecular weight excluding hydrogens is 128 g/mol. The molecule has 0 saturated heterocycles. The summed E-state index contributed by atoms with van der Waals surface area (Å²) >= 11 is 0. The molecule has 0 rings (SSSR count). The monoisotopic (exact) mass is 140 g/mol. The second-order valence-electron chi connectivity index (χ2n) is 1.84. The molecule has 0 atom stereocenters. The molecular formula is C7H12N2O. The molecule has 0 bridgehead atoms. The van der Waals surface area contributed by atoms with Gasteiger partial charge in [0.1, 0.15) is 0 Å². The van der Waals surface area contributed by atoms with Gasteiger partial charge in [0, 0.05) is 25.9 Å². The van der Waals surface area contributed by atoms with Gasteiger partial charge >= 0.3 is 0 Å². The summed E-state index contributed by atoms with van der Waals surface area (Å²) in [6.07, 6.45) is 5.85. The number of nitrogens with two attached hydrogens (primary N) is 1. The second kappa shape index (κ2) is 6.12. The van der Waals surface area contributed by atoms with Gasteiger partial charge in [-0.25, -0.2) is 0 Å². The fourth-order valence-corrected chi connectivity index (χ4v) is 0.486. The summed E-state index contributed by atoms with van der Waals surface area (Å²) in [7, 11) is 0. The summed E-state index contributed by atoms with van der Waals surface area (Å²) in [4.78, 5) is 10.7. The highest BCUT2D eigenvalue weighted by atomic mass is 16.1. The Bertz CT molecular complexity index is 137. The maximum atomic E-state index is 10.7. The van der Waals surface area contributed by atoms with Crippen LogP contribution in [0.25, 0.3) is 0 Å². The summed E-state index contributed by atoms with van der Waals surface area (Å²) < 4.78 is 0. The molecule has 0 saturated carbocycles. The molecule has 3 N–H and O–H groups in total. The summed E-state index contributed by atoms with van der Waals surface area (Å²) in [5.41, 5.74) is 5.15. The Kier molecular flexibility index (Phi) is 5.50. The van der Waals surface area contributed by atoms with Crippen molar-refractivity contribution in [2.75, 3.05) is 13.1 Å². The van der Waals surface area contributed by atoms with E-state index in [0.29, 0.717) is 25.9 Å². The average molecular weight is 140 g/mol. The molecule has 0 unspecified atom stereocenters. The molecule has 0 aliphatic heterocycles. The van der Waals surface area contributed by atoms with Crippen molar-refractivity contribution in [2.45, 2.75) is 12.8 Å². The predicted octanol–water partition coefficient (Wildman–Crippen LogP) is -0.525. The fraction of sp³-hybridized carbons (Fsp3) is 0.571. The first kappa shape index (κ1) is 8.99. The molecule has 3 nitrogen and oxygen atoms in total. The lowest BCUT2D eigenvalue weighted by atomic mass is 10.3. The van der Waals surface area contributed by atoms with E-state index in [1.165, 1.54) is 0 Å². The Morgan fingerprint density at radius 3 is 2.90 bits per heavy atom. The standard InChI is InChI=1S/C7H12N2O/c1-2-3-4-7(10)9-6-5-8/h1H,3-6,8H2,(H,9,10). The highest BCUT2D eigenvalue weighted by Gasteiger charge is 1.95. The number of hydrogen-bond acceptors (Lipinski definition) is 2. The van der Waals surface area contributed by atoms with Crippen LogP contribution in [0.5, 0.6) is 0 Å². The van der Waals surface area contributed by atoms with Crippen LogP contribution in [0.2, 0.25) is 0 Å². The van der Waals surface area contributed by atoms with Crippen LogP contribution < -0.4 is 11.1 Å². The number of nitrogens with one attached hydrogen (secondary N) is 1. The van der Waals surface area contributed by atoms with Gasteiger partial charge < -0.3 is 11.1 Å². The van der Waals surface area contributed by atoms with Crippen molar-refractivity contribution < 1.29 is 4.79 Å². The largest absolute Gasteiger partial charge is 0.355 e. The Morgan fingerprint density at radius 2 is 2.40 bits per heavy atom. The van der Waals surface area contributed by atoms with Gasteiger partial charge in [-0.3, -0.25) is 4.79 Å². The van der Waals surface area contributed by atoms with Crippen molar-refractivity contribution in [1.29, 1.82) is 0 Å². The molecule has 0 aliphatic carbocycles. The van der Waals surface area contributed by atoms with Crippen LogP contribution in [0.3, 0.4) is 0 Å². The third kappa shape index (κ3) is 5.13. The van der Waals surface area contributed by atoms with Crippen molar-refractivity contribution in [3.8, 4) is 12.3 Å². The van der Waals surface area contributed by atoms with E-state index in [2.05, 4.69) is 11.2 Å². The van der Waals surface area contributed by atoms with Crippen LogP contribution in [0.4, 0.5) is 0 Å². The smallest absolute Gasteiger partial charge is 0.220 e. The highest BCUT2D eigenvalue weighted by Crippen LogP contribution is 1.83. The number of amides is 1. The molecule has 0 heterocycles. The minimum Gasteiger partial charge on any atom is -0.355 e. The van der Waals surface area contributed by atoms with Crippen LogP contribution in [0.15, 0.2) is 0 Å². The normalized spacial score (nSPS) is 8.40. The van der Waals surface area contributed by atoms with Gasteiger partial charge in [-0.15, -0.1) is 12.3 Å². The Hall–Kier alpha value is -1.01. The van der Waals surface area contributed by atoms with Gasteiger partial charge in [0.2, 0.25) is 5.91 Å². The van der Waals surface area contributed by atoms with Gasteiger partial charge in [-0.1, -0.05) is 0 Å². The van der Waals surface area contributed by atoms with Crippen molar-refractivity contribution in [1.82, 2.24) is 5.32 Å². The molecule has 0 spiro atoms. The third-order valence-corrected chi connectivity index (χ3v) is 0.963. The van der Waals surface area contributed by atoms with E-state index >= 15 is 0 Å². The zero-order chi connectivity index (χ0) is 7.82. The average Bonchev–Trinajstić information content (AvgIpc) is 1.97. The molecule has 0 aromatic carbocycles. The van der Waals surface area contributed by atoms with Crippen LogP contribution in [0, 0.1) is 12.3 Å². The highest BCUT2D eigenvalue weighted by molar-refractivity contribution is 5.76. The molecule has 0 radical (unpaired) electrons. The van der Waals surface area contributed by atoms with Crippen LogP contribution in [-0.4, -0.2) is 19.0 Å². The van der Waals surface area contributed by atoms with E-state index in [4.69, 9.17) is 12.2 Å². The van der Waals surface area contributed by atoms with Crippen molar-refractivity contribution in [3.05, 3.63) is 0 Å². The molecule has 10 heavy (non-hydrogen) atoms. The molecule has 0 fully saturated rings. The summed E-state index contributed by atoms with van der Waals surface area (Å²) in [6.45, 7) is 1.01. The predicted molar refractivity (Wildman–Crippen MR) is 40.1 cm³/mol. The van der Waals surface area contributed by atoms with E-state index in [0.717, 1.165) is 0 Å². The minimum absolute atomic E-state index is 0.0246. The molecule has 56 valence electrons. The molecule has 0 aromatic rings. The van der Waals surface area contributed by atoms with Gasteiger partial charge in [-0.2, -0.15) is 0 Å². The Labute approximate surface area is 61.0 Å². The first-order valence-corrected chi connectivity index (χ1v) is 3.21. The second-order valence-corrected chi connectivity index (χ2v) is 1.84. The van der Waals surface area contributed by atoms with Gasteiger partial charge in [0.25, 0.3) is 0 Å². The zero-order valence-electron chi connectivity index (χ0n) is 5.89. The number of carbonyl (C=O) groups is 1. The van der Waals surface area contributed by atoms with Gasteiger partial charge in [0.15, 0.2) is 0 Å². The van der Waals surface area contributed by atoms with E-state index in [9.17, 15) is 4.79 Å². The Morgan fingerprint density at radius 1 is 1.70 bits per heavy atom. The molecule has 0 aromatic heterocycles. The van der Waals surface area contributed by atoms with Crippen molar-refractivity contribution in [2.24, 2.45) is 5.73 Å². The number of carbonyl (C=O) groups excluding carboxylic acids is 1. The molecule has 3 heteroatoms. The van der Waals surface area contributed by atoms with Crippen LogP contribution in [0.1, 0.15) is 12.8 Å². The van der Waals surface area contributed by atoms with Gasteiger partial charge in [0.05, 0.1) is 0 Å². The number of terminal acetylenes is 1. The lowest BCUT2D eigenvalue weighted by Crippen LogP contribution is -2.28. The van der Waals surface area contributed by atoms with Crippen molar-refractivity contribution in [3.63, 3.8) is 0 Å². The summed E-state index contributed by atoms with van der Waals surface area (Å²) in [5.74, 6) is 2.36. The minimum atomic E-state index is -0.0246. The topological polar surface area (TPSA) is 55.1 Å². The maximum Gasteiger partial charge on any atom is 0.220 e. The Balaban J connectivity index is 3.19. The van der Waals surface area contributed by atoms with E-state index in [1.54, 1.807) is 0 Å². The molecule has 1 amide bonds. The van der Waals surface area contributed by atoms with Crippen LogP contribution >= 0.6 is 0 Å². The lowest BCUT2D eigenvalue weighted by Gasteiger charge is -1.99. The first-order valence-electron chi connectivity index (χ1n) is 3.21. The van der Waals surface area contributed by atoms with E-state index < -0.39 is 0 Å². The van der Waals surface area contributed by atoms with Crippen LogP contribution in [-0.2, 0) is 4.79 Å². The van der Waals surface area contributed by atoms with E-state index in [-0.39, 0.29) is 5.91 Å². The third-order valence-electron chi connectivity index (χ3n) is 0.963. The summed E-state index contributed by atoms with van der Waals surface area (Å²) in [5, 5.41) is 2.61. The fourth-order valence-electron chi connectivity index (χ4n) is 0.486. The SMILES string of the molecule is C#CCCC(=O)NCCN. The number of hydrogen-bond donors (Lipinski definition) is 2. The first-order chi connectivity index (χ1) is 4.81. The van der Waals surface area contributed by atoms with Gasteiger partial charge in [-0.05, 0) is 0 Å². The zero-order valence-corrected chi connectivity index (χ0v) is 5.89. The maximum absolute atomic E-state index is 10.7. The molecule has 0 aliphatic rings. The lowest BCUT2D eigenvalue weighted by molar-refractivity contribution is -0.120. The van der Waals surface area contributed by atoms with E-state index in [1.807, 2.05) is 0 Å².